The molecule has 3 N–H and O–H groups in total. The van der Waals surface area contributed by atoms with Gasteiger partial charge < -0.3 is 15.4 Å². The zero-order valence-electron chi connectivity index (χ0n) is 16.4. The van der Waals surface area contributed by atoms with Gasteiger partial charge >= 0.3 is 6.18 Å². The highest BCUT2D eigenvalue weighted by atomic mass is 35.5. The van der Waals surface area contributed by atoms with E-state index in [1.165, 1.54) is 18.5 Å². The molecule has 11 heteroatoms. The molecule has 0 saturated heterocycles. The molecule has 3 aromatic heterocycles. The molecular weight excluding hydrogens is 445 g/mol. The number of phenols is 1. The van der Waals surface area contributed by atoms with Crippen LogP contribution in [0, 0.1) is 11.3 Å². The average Bonchev–Trinajstić information content (AvgIpc) is 3.18. The van der Waals surface area contributed by atoms with Gasteiger partial charge in [-0.1, -0.05) is 17.7 Å². The SMILES string of the molecule is CC(Nc1ncc(C#N)c(-c2c[nH]c3ncc(C(F)(F)F)cc23)n1)c1ccc(O)c(Cl)c1. The summed E-state index contributed by atoms with van der Waals surface area (Å²) >= 11 is 5.96. The second-order valence-corrected chi connectivity index (χ2v) is 7.37. The summed E-state index contributed by atoms with van der Waals surface area (Å²) in [5.74, 6) is 0.107. The van der Waals surface area contributed by atoms with Gasteiger partial charge in [-0.05, 0) is 30.7 Å². The predicted octanol–water partition coefficient (Wildman–Crippen LogP) is 5.44. The second-order valence-electron chi connectivity index (χ2n) is 6.96. The number of aromatic hydroxyl groups is 1. The Hall–Kier alpha value is -3.84. The highest BCUT2D eigenvalue weighted by Gasteiger charge is 2.31. The summed E-state index contributed by atoms with van der Waals surface area (Å²) in [6.07, 6.45) is -1.08. The molecule has 0 bridgehead atoms. The molecule has 1 atom stereocenters. The van der Waals surface area contributed by atoms with Gasteiger partial charge in [-0.25, -0.2) is 15.0 Å². The van der Waals surface area contributed by atoms with E-state index in [1.54, 1.807) is 12.1 Å². The number of aromatic nitrogens is 4. The third-order valence-electron chi connectivity index (χ3n) is 4.84. The minimum Gasteiger partial charge on any atom is -0.506 e. The number of alkyl halides is 3. The summed E-state index contributed by atoms with van der Waals surface area (Å²) in [6.45, 7) is 1.81. The van der Waals surface area contributed by atoms with Crippen molar-refractivity contribution in [3.63, 3.8) is 0 Å². The van der Waals surface area contributed by atoms with Gasteiger partial charge in [-0.15, -0.1) is 0 Å². The normalized spacial score (nSPS) is 12.5. The van der Waals surface area contributed by atoms with Gasteiger partial charge in [0.15, 0.2) is 0 Å². The van der Waals surface area contributed by atoms with E-state index in [4.69, 9.17) is 11.6 Å². The first kappa shape index (κ1) is 21.4. The average molecular weight is 459 g/mol. The van der Waals surface area contributed by atoms with Crippen molar-refractivity contribution >= 4 is 28.6 Å². The Bertz CT molecular complexity index is 1360. The molecule has 32 heavy (non-hydrogen) atoms. The van der Waals surface area contributed by atoms with Crippen molar-refractivity contribution in [3.8, 4) is 23.1 Å². The summed E-state index contributed by atoms with van der Waals surface area (Å²) < 4.78 is 39.5. The van der Waals surface area contributed by atoms with Crippen molar-refractivity contribution in [1.29, 1.82) is 5.26 Å². The second kappa shape index (κ2) is 8.01. The van der Waals surface area contributed by atoms with Gasteiger partial charge in [0.05, 0.1) is 34.1 Å². The molecule has 0 aliphatic heterocycles. The summed E-state index contributed by atoms with van der Waals surface area (Å²) in [6, 6.07) is 7.32. The number of aromatic amines is 1. The summed E-state index contributed by atoms with van der Waals surface area (Å²) in [7, 11) is 0. The zero-order valence-corrected chi connectivity index (χ0v) is 17.1. The number of halogens is 4. The Morgan fingerprint density at radius 2 is 2.00 bits per heavy atom. The van der Waals surface area contributed by atoms with Crippen LogP contribution in [0.1, 0.15) is 29.7 Å². The van der Waals surface area contributed by atoms with Gasteiger partial charge in [0.2, 0.25) is 5.95 Å². The predicted molar refractivity (Wildman–Crippen MR) is 112 cm³/mol. The molecule has 162 valence electrons. The molecule has 1 aromatic carbocycles. The monoisotopic (exact) mass is 458 g/mol. The Morgan fingerprint density at radius 3 is 2.69 bits per heavy atom. The number of pyridine rings is 1. The van der Waals surface area contributed by atoms with Crippen LogP contribution in [0.3, 0.4) is 0 Å². The number of nitrogens with one attached hydrogen (secondary N) is 2. The number of benzene rings is 1. The van der Waals surface area contributed by atoms with Gasteiger partial charge in [-0.3, -0.25) is 0 Å². The first-order chi connectivity index (χ1) is 15.2. The number of rotatable bonds is 4. The van der Waals surface area contributed by atoms with Crippen LogP contribution in [-0.2, 0) is 6.18 Å². The fraction of sp³-hybridized carbons (Fsp3) is 0.143. The molecule has 4 aromatic rings. The minimum absolute atomic E-state index is 0.0503. The van der Waals surface area contributed by atoms with Gasteiger partial charge in [0, 0.05) is 23.3 Å². The Kier molecular flexibility index (Phi) is 5.36. The molecule has 0 amide bonds. The zero-order chi connectivity index (χ0) is 23.0. The number of nitrogens with zero attached hydrogens (tertiary/aromatic N) is 4. The largest absolute Gasteiger partial charge is 0.506 e. The summed E-state index contributed by atoms with van der Waals surface area (Å²) in [4.78, 5) is 15.1. The van der Waals surface area contributed by atoms with Crippen molar-refractivity contribution < 1.29 is 18.3 Å². The van der Waals surface area contributed by atoms with E-state index in [0.29, 0.717) is 5.56 Å². The lowest BCUT2D eigenvalue weighted by atomic mass is 10.1. The number of anilines is 1. The Morgan fingerprint density at radius 1 is 1.22 bits per heavy atom. The lowest BCUT2D eigenvalue weighted by Crippen LogP contribution is -2.10. The number of hydrogen-bond acceptors (Lipinski definition) is 6. The highest BCUT2D eigenvalue weighted by molar-refractivity contribution is 6.32. The third kappa shape index (κ3) is 4.02. The fourth-order valence-corrected chi connectivity index (χ4v) is 3.35. The highest BCUT2D eigenvalue weighted by Crippen LogP contribution is 2.35. The van der Waals surface area contributed by atoms with Crippen LogP contribution < -0.4 is 5.32 Å². The van der Waals surface area contributed by atoms with Crippen molar-refractivity contribution in [3.05, 3.63) is 64.6 Å². The van der Waals surface area contributed by atoms with Crippen LogP contribution in [0.5, 0.6) is 5.75 Å². The van der Waals surface area contributed by atoms with Crippen molar-refractivity contribution in [2.75, 3.05) is 5.32 Å². The Balaban J connectivity index is 1.74. The van der Waals surface area contributed by atoms with Crippen LogP contribution >= 0.6 is 11.6 Å². The molecule has 0 spiro atoms. The number of hydrogen-bond donors (Lipinski definition) is 3. The first-order valence-corrected chi connectivity index (χ1v) is 9.62. The molecule has 1 unspecified atom stereocenters. The number of H-pyrrole nitrogens is 1. The molecule has 0 saturated carbocycles. The van der Waals surface area contributed by atoms with Crippen LogP contribution in [-0.4, -0.2) is 25.0 Å². The van der Waals surface area contributed by atoms with Crippen molar-refractivity contribution in [1.82, 2.24) is 19.9 Å². The molecule has 0 aliphatic rings. The van der Waals surface area contributed by atoms with E-state index in [2.05, 4.69) is 25.3 Å². The number of fused-ring (bicyclic) bond motifs is 1. The van der Waals surface area contributed by atoms with Gasteiger partial charge in [-0.2, -0.15) is 18.4 Å². The minimum atomic E-state index is -4.56. The molecular formula is C21H14ClF3N6O. The standard InChI is InChI=1S/C21H14ClF3N6O/c1-10(11-2-3-17(32)16(22)4-11)30-20-29-7-12(6-26)18(31-20)15-9-28-19-14(15)5-13(8-27-19)21(23,24)25/h2-5,7-10,32H,1H3,(H,27,28)(H,29,30,31). The number of nitriles is 1. The van der Waals surface area contributed by atoms with Crippen molar-refractivity contribution in [2.24, 2.45) is 0 Å². The first-order valence-electron chi connectivity index (χ1n) is 9.24. The van der Waals surface area contributed by atoms with Gasteiger partial charge in [0.1, 0.15) is 17.5 Å². The smallest absolute Gasteiger partial charge is 0.417 e. The van der Waals surface area contributed by atoms with E-state index in [0.717, 1.165) is 17.8 Å². The van der Waals surface area contributed by atoms with E-state index in [-0.39, 0.29) is 45.1 Å². The summed E-state index contributed by atoms with van der Waals surface area (Å²) in [5, 5.41) is 22.5. The maximum Gasteiger partial charge on any atom is 0.417 e. The maximum absolute atomic E-state index is 13.2. The van der Waals surface area contributed by atoms with Crippen molar-refractivity contribution in [2.45, 2.75) is 19.1 Å². The summed E-state index contributed by atoms with van der Waals surface area (Å²) in [5.41, 5.74) is 0.614. The van der Waals surface area contributed by atoms with E-state index in [1.807, 2.05) is 13.0 Å². The quantitative estimate of drug-likeness (QED) is 0.375. The van der Waals surface area contributed by atoms with Crippen LogP contribution in [0.15, 0.2) is 42.9 Å². The van der Waals surface area contributed by atoms with Crippen LogP contribution in [0.2, 0.25) is 5.02 Å². The fourth-order valence-electron chi connectivity index (χ4n) is 3.16. The molecule has 4 rings (SSSR count). The van der Waals surface area contributed by atoms with E-state index >= 15 is 0 Å². The van der Waals surface area contributed by atoms with Gasteiger partial charge in [0.25, 0.3) is 0 Å². The molecule has 0 radical (unpaired) electrons. The molecule has 3 heterocycles. The van der Waals surface area contributed by atoms with E-state index < -0.39 is 11.7 Å². The maximum atomic E-state index is 13.2. The number of phenolic OH excluding ortho intramolecular Hbond substituents is 1. The topological polar surface area (TPSA) is 111 Å². The van der Waals surface area contributed by atoms with E-state index in [9.17, 15) is 23.5 Å². The third-order valence-corrected chi connectivity index (χ3v) is 5.14. The van der Waals surface area contributed by atoms with Crippen LogP contribution in [0.4, 0.5) is 19.1 Å². The Labute approximate surface area is 184 Å². The lowest BCUT2D eigenvalue weighted by molar-refractivity contribution is -0.137. The molecule has 7 nitrogen and oxygen atoms in total. The van der Waals surface area contributed by atoms with Crippen LogP contribution in [0.25, 0.3) is 22.3 Å². The molecule has 0 fully saturated rings. The lowest BCUT2D eigenvalue weighted by Gasteiger charge is -2.15. The molecule has 0 aliphatic carbocycles.